The van der Waals surface area contributed by atoms with E-state index in [1.807, 2.05) is 17.7 Å². The Morgan fingerprint density at radius 1 is 1.53 bits per heavy atom. The Balaban J connectivity index is 2.17. The fraction of sp³-hybridized carbons (Fsp3) is 0.429. The number of carbonyl (C=O) groups excluding carboxylic acids is 1. The topological polar surface area (TPSA) is 44.1 Å². The predicted octanol–water partition coefficient (Wildman–Crippen LogP) is 3.51. The molecule has 1 aliphatic rings. The van der Waals surface area contributed by atoms with Crippen LogP contribution in [0.1, 0.15) is 41.4 Å². The molecule has 1 aromatic carbocycles. The molecular weight excluding hydrogens is 264 g/mol. The van der Waals surface area contributed by atoms with E-state index in [0.717, 1.165) is 48.6 Å². The van der Waals surface area contributed by atoms with E-state index in [0.29, 0.717) is 10.6 Å². The van der Waals surface area contributed by atoms with Crippen LogP contribution in [0.3, 0.4) is 0 Å². The van der Waals surface area contributed by atoms with Crippen LogP contribution in [0.15, 0.2) is 12.3 Å². The van der Waals surface area contributed by atoms with Crippen molar-refractivity contribution in [2.45, 2.75) is 32.4 Å². The molecule has 3 rings (SSSR count). The van der Waals surface area contributed by atoms with Crippen molar-refractivity contribution in [3.05, 3.63) is 28.4 Å². The minimum Gasteiger partial charge on any atom is -0.356 e. The summed E-state index contributed by atoms with van der Waals surface area (Å²) in [7, 11) is 0. The Morgan fingerprint density at radius 3 is 3.05 bits per heavy atom. The monoisotopic (exact) mass is 278 g/mol. The molecule has 1 fully saturated rings. The molecule has 0 spiro atoms. The van der Waals surface area contributed by atoms with Crippen LogP contribution in [-0.4, -0.2) is 22.7 Å². The van der Waals surface area contributed by atoms with Gasteiger partial charge in [0.1, 0.15) is 0 Å². The molecule has 19 heavy (non-hydrogen) atoms. The molecule has 5 heteroatoms. The van der Waals surface area contributed by atoms with E-state index >= 15 is 0 Å². The van der Waals surface area contributed by atoms with Crippen molar-refractivity contribution in [3.8, 4) is 0 Å². The number of ether oxygens (including phenoxy) is 1. The highest BCUT2D eigenvalue weighted by atomic mass is 35.5. The molecule has 1 saturated heterocycles. The molecule has 0 amide bonds. The largest absolute Gasteiger partial charge is 0.356 e. The van der Waals surface area contributed by atoms with Crippen molar-refractivity contribution in [2.24, 2.45) is 0 Å². The summed E-state index contributed by atoms with van der Waals surface area (Å²) < 4.78 is 7.62. The first-order chi connectivity index (χ1) is 9.22. The number of hydrogen-bond donors (Lipinski definition) is 0. The zero-order chi connectivity index (χ0) is 13.4. The van der Waals surface area contributed by atoms with Crippen LogP contribution in [0.25, 0.3) is 10.9 Å². The number of nitrogens with zero attached hydrogens (tertiary/aromatic N) is 2. The van der Waals surface area contributed by atoms with Crippen molar-refractivity contribution in [1.29, 1.82) is 0 Å². The first-order valence-corrected chi connectivity index (χ1v) is 6.83. The number of aromatic nitrogens is 2. The molecule has 2 heterocycles. The summed E-state index contributed by atoms with van der Waals surface area (Å²) in [6.45, 7) is 2.66. The third-order valence-corrected chi connectivity index (χ3v) is 4.11. The Labute approximate surface area is 116 Å². The highest BCUT2D eigenvalue weighted by Crippen LogP contribution is 2.32. The fourth-order valence-corrected chi connectivity index (χ4v) is 2.78. The van der Waals surface area contributed by atoms with Gasteiger partial charge >= 0.3 is 0 Å². The van der Waals surface area contributed by atoms with Gasteiger partial charge < -0.3 is 4.74 Å². The van der Waals surface area contributed by atoms with Gasteiger partial charge in [0.2, 0.25) is 0 Å². The molecule has 1 aliphatic heterocycles. The average Bonchev–Trinajstić information content (AvgIpc) is 2.84. The Kier molecular flexibility index (Phi) is 3.29. The molecule has 0 aliphatic carbocycles. The van der Waals surface area contributed by atoms with Gasteiger partial charge in [0.25, 0.3) is 0 Å². The van der Waals surface area contributed by atoms with Gasteiger partial charge in [0, 0.05) is 17.6 Å². The molecule has 1 atom stereocenters. The number of carbonyl (C=O) groups is 1. The van der Waals surface area contributed by atoms with E-state index in [9.17, 15) is 4.79 Å². The van der Waals surface area contributed by atoms with Gasteiger partial charge in [-0.05, 0) is 37.8 Å². The Hall–Kier alpha value is -1.39. The molecule has 0 bridgehead atoms. The van der Waals surface area contributed by atoms with Gasteiger partial charge in [-0.25, -0.2) is 4.68 Å². The molecule has 0 saturated carbocycles. The van der Waals surface area contributed by atoms with Crippen molar-refractivity contribution < 1.29 is 9.53 Å². The number of aldehydes is 1. The zero-order valence-corrected chi connectivity index (χ0v) is 11.5. The van der Waals surface area contributed by atoms with Gasteiger partial charge in [-0.2, -0.15) is 5.10 Å². The van der Waals surface area contributed by atoms with Crippen LogP contribution in [0, 0.1) is 6.92 Å². The van der Waals surface area contributed by atoms with E-state index in [4.69, 9.17) is 16.3 Å². The maximum atomic E-state index is 11.2. The lowest BCUT2D eigenvalue weighted by Gasteiger charge is -2.23. The van der Waals surface area contributed by atoms with Crippen LogP contribution in [0.2, 0.25) is 5.02 Å². The summed E-state index contributed by atoms with van der Waals surface area (Å²) in [6.07, 6.45) is 5.65. The summed E-state index contributed by atoms with van der Waals surface area (Å²) in [5, 5.41) is 5.68. The minimum atomic E-state index is -0.0358. The highest BCUT2D eigenvalue weighted by molar-refractivity contribution is 6.35. The molecular formula is C14H15ClN2O2. The fourth-order valence-electron chi connectivity index (χ4n) is 2.58. The molecule has 0 N–H and O–H groups in total. The second-order valence-corrected chi connectivity index (χ2v) is 5.26. The van der Waals surface area contributed by atoms with Gasteiger partial charge in [-0.3, -0.25) is 4.79 Å². The molecule has 2 aromatic rings. The predicted molar refractivity (Wildman–Crippen MR) is 73.7 cm³/mol. The summed E-state index contributed by atoms with van der Waals surface area (Å²) in [6, 6.07) is 1.97. The maximum absolute atomic E-state index is 11.2. The number of fused-ring (bicyclic) bond motifs is 1. The summed E-state index contributed by atoms with van der Waals surface area (Å²) in [5.74, 6) is 0. The third kappa shape index (κ3) is 2.05. The number of hydrogen-bond acceptors (Lipinski definition) is 3. The van der Waals surface area contributed by atoms with E-state index in [1.165, 1.54) is 0 Å². The number of halogens is 1. The van der Waals surface area contributed by atoms with E-state index in [1.54, 1.807) is 6.20 Å². The van der Waals surface area contributed by atoms with Gasteiger partial charge in [0.05, 0.1) is 16.7 Å². The maximum Gasteiger partial charge on any atom is 0.152 e. The Bertz CT molecular complexity index is 630. The number of rotatable bonds is 2. The van der Waals surface area contributed by atoms with Gasteiger partial charge in [-0.15, -0.1) is 0 Å². The smallest absolute Gasteiger partial charge is 0.152 e. The first-order valence-electron chi connectivity index (χ1n) is 6.45. The van der Waals surface area contributed by atoms with Crippen LogP contribution in [0.5, 0.6) is 0 Å². The van der Waals surface area contributed by atoms with Gasteiger partial charge in [0.15, 0.2) is 12.5 Å². The molecule has 1 aromatic heterocycles. The lowest BCUT2D eigenvalue weighted by molar-refractivity contribution is -0.0366. The molecule has 0 radical (unpaired) electrons. The van der Waals surface area contributed by atoms with Gasteiger partial charge in [-0.1, -0.05) is 11.6 Å². The Morgan fingerprint density at radius 2 is 2.37 bits per heavy atom. The lowest BCUT2D eigenvalue weighted by Crippen LogP contribution is -2.19. The van der Waals surface area contributed by atoms with Crippen LogP contribution in [-0.2, 0) is 4.74 Å². The summed E-state index contributed by atoms with van der Waals surface area (Å²) in [4.78, 5) is 11.2. The second-order valence-electron chi connectivity index (χ2n) is 4.88. The van der Waals surface area contributed by atoms with Crippen molar-refractivity contribution in [3.63, 3.8) is 0 Å². The normalized spacial score (nSPS) is 19.8. The van der Waals surface area contributed by atoms with Crippen LogP contribution >= 0.6 is 11.6 Å². The van der Waals surface area contributed by atoms with Crippen molar-refractivity contribution in [1.82, 2.24) is 9.78 Å². The summed E-state index contributed by atoms with van der Waals surface area (Å²) >= 11 is 6.17. The zero-order valence-electron chi connectivity index (χ0n) is 10.7. The number of aryl methyl sites for hydroxylation is 1. The lowest BCUT2D eigenvalue weighted by atomic mass is 10.1. The number of benzene rings is 1. The average molecular weight is 279 g/mol. The SMILES string of the molecule is Cc1cc2c(cnn2C2CCCCO2)c(C=O)c1Cl. The van der Waals surface area contributed by atoms with Crippen LogP contribution < -0.4 is 0 Å². The second kappa shape index (κ2) is 4.94. The summed E-state index contributed by atoms with van der Waals surface area (Å²) in [5.41, 5.74) is 2.31. The molecule has 100 valence electrons. The quantitative estimate of drug-likeness (QED) is 0.790. The van der Waals surface area contributed by atoms with E-state index < -0.39 is 0 Å². The highest BCUT2D eigenvalue weighted by Gasteiger charge is 2.20. The van der Waals surface area contributed by atoms with Crippen molar-refractivity contribution in [2.75, 3.05) is 6.61 Å². The molecule has 1 unspecified atom stereocenters. The standard InChI is InChI=1S/C14H15ClN2O2/c1-9-6-12-10(11(8-18)14(9)15)7-16-17(12)13-4-2-3-5-19-13/h6-8,13H,2-5H2,1H3. The van der Waals surface area contributed by atoms with E-state index in [2.05, 4.69) is 5.10 Å². The van der Waals surface area contributed by atoms with E-state index in [-0.39, 0.29) is 6.23 Å². The first kappa shape index (κ1) is 12.6. The van der Waals surface area contributed by atoms with Crippen LogP contribution in [0.4, 0.5) is 0 Å². The minimum absolute atomic E-state index is 0.0358. The molecule has 4 nitrogen and oxygen atoms in total. The van der Waals surface area contributed by atoms with Crippen molar-refractivity contribution >= 4 is 28.8 Å². The third-order valence-electron chi connectivity index (χ3n) is 3.61.